The van der Waals surface area contributed by atoms with Crippen molar-refractivity contribution in [3.63, 3.8) is 0 Å². The van der Waals surface area contributed by atoms with Gasteiger partial charge in [0.1, 0.15) is 0 Å². The van der Waals surface area contributed by atoms with Crippen LogP contribution >= 0.6 is 11.3 Å². The van der Waals surface area contributed by atoms with Crippen molar-refractivity contribution in [1.82, 2.24) is 4.98 Å². The van der Waals surface area contributed by atoms with E-state index in [4.69, 9.17) is 5.73 Å². The molecular weight excluding hydrogens is 216 g/mol. The average Bonchev–Trinajstić information content (AvgIpc) is 2.68. The van der Waals surface area contributed by atoms with E-state index < -0.39 is 0 Å². The molecule has 2 aromatic rings. The fourth-order valence-electron chi connectivity index (χ4n) is 1.73. The monoisotopic (exact) mass is 232 g/mol. The summed E-state index contributed by atoms with van der Waals surface area (Å²) in [7, 11) is 0. The molecule has 0 radical (unpaired) electrons. The number of thiazole rings is 1. The van der Waals surface area contributed by atoms with E-state index in [9.17, 15) is 0 Å². The third-order valence-electron chi connectivity index (χ3n) is 2.72. The lowest BCUT2D eigenvalue weighted by Gasteiger charge is -2.11. The van der Waals surface area contributed by atoms with Gasteiger partial charge in [0.2, 0.25) is 0 Å². The lowest BCUT2D eigenvalue weighted by atomic mass is 10.0. The van der Waals surface area contributed by atoms with Crippen LogP contribution in [0.2, 0.25) is 0 Å². The number of aromatic nitrogens is 1. The minimum atomic E-state index is 0.00560. The highest BCUT2D eigenvalue weighted by Gasteiger charge is 2.11. The Hall–Kier alpha value is -1.19. The minimum absolute atomic E-state index is 0.00560. The summed E-state index contributed by atoms with van der Waals surface area (Å²) in [6.45, 7) is 4.13. The van der Waals surface area contributed by atoms with E-state index in [0.717, 1.165) is 17.1 Å². The molecule has 0 amide bonds. The third kappa shape index (κ3) is 2.49. The van der Waals surface area contributed by atoms with Crippen LogP contribution in [-0.4, -0.2) is 4.98 Å². The summed E-state index contributed by atoms with van der Waals surface area (Å²) in [5.74, 6) is 0. The quantitative estimate of drug-likeness (QED) is 0.883. The van der Waals surface area contributed by atoms with Gasteiger partial charge in [0.25, 0.3) is 0 Å². The number of nitrogens with zero attached hydrogens (tertiary/aromatic N) is 1. The van der Waals surface area contributed by atoms with E-state index in [1.807, 2.05) is 6.92 Å². The first-order chi connectivity index (χ1) is 7.66. The first kappa shape index (κ1) is 11.3. The highest BCUT2D eigenvalue weighted by Crippen LogP contribution is 2.19. The van der Waals surface area contributed by atoms with E-state index in [2.05, 4.69) is 41.6 Å². The van der Waals surface area contributed by atoms with E-state index in [0.29, 0.717) is 0 Å². The van der Waals surface area contributed by atoms with Gasteiger partial charge in [-0.15, -0.1) is 11.3 Å². The lowest BCUT2D eigenvalue weighted by molar-refractivity contribution is 0.697. The molecule has 0 fully saturated rings. The summed E-state index contributed by atoms with van der Waals surface area (Å²) >= 11 is 1.66. The highest BCUT2D eigenvalue weighted by atomic mass is 32.1. The summed E-state index contributed by atoms with van der Waals surface area (Å²) in [5, 5.41) is 3.13. The zero-order valence-electron chi connectivity index (χ0n) is 9.60. The Morgan fingerprint density at radius 3 is 2.69 bits per heavy atom. The van der Waals surface area contributed by atoms with Gasteiger partial charge in [-0.2, -0.15) is 0 Å². The summed E-state index contributed by atoms with van der Waals surface area (Å²) < 4.78 is 0. The van der Waals surface area contributed by atoms with Gasteiger partial charge < -0.3 is 5.73 Å². The summed E-state index contributed by atoms with van der Waals surface area (Å²) in [5.41, 5.74) is 9.76. The SMILES string of the molecule is Cc1nc(C(N)Cc2ccccc2C)cs1. The Morgan fingerprint density at radius 2 is 2.06 bits per heavy atom. The average molecular weight is 232 g/mol. The Bertz CT molecular complexity index is 476. The molecule has 1 aromatic heterocycles. The van der Waals surface area contributed by atoms with Gasteiger partial charge in [-0.05, 0) is 31.4 Å². The van der Waals surface area contributed by atoms with Crippen LogP contribution in [0.4, 0.5) is 0 Å². The molecular formula is C13H16N2S. The normalized spacial score (nSPS) is 12.7. The topological polar surface area (TPSA) is 38.9 Å². The molecule has 0 aliphatic carbocycles. The molecule has 0 bridgehead atoms. The van der Waals surface area contributed by atoms with Gasteiger partial charge in [-0.25, -0.2) is 4.98 Å². The molecule has 1 aromatic carbocycles. The molecule has 2 N–H and O–H groups in total. The van der Waals surface area contributed by atoms with Crippen molar-refractivity contribution >= 4 is 11.3 Å². The first-order valence-corrected chi connectivity index (χ1v) is 6.27. The molecule has 0 spiro atoms. The second-order valence-electron chi connectivity index (χ2n) is 4.03. The van der Waals surface area contributed by atoms with Crippen molar-refractivity contribution < 1.29 is 0 Å². The van der Waals surface area contributed by atoms with Gasteiger partial charge in [-0.1, -0.05) is 24.3 Å². The van der Waals surface area contributed by atoms with Crippen LogP contribution in [0.25, 0.3) is 0 Å². The van der Waals surface area contributed by atoms with Crippen molar-refractivity contribution in [2.45, 2.75) is 26.3 Å². The molecule has 2 nitrogen and oxygen atoms in total. The maximum atomic E-state index is 6.15. The number of aryl methyl sites for hydroxylation is 2. The van der Waals surface area contributed by atoms with Crippen LogP contribution in [0, 0.1) is 13.8 Å². The van der Waals surface area contributed by atoms with E-state index >= 15 is 0 Å². The number of benzene rings is 1. The molecule has 1 heterocycles. The van der Waals surface area contributed by atoms with Crippen LogP contribution in [0.15, 0.2) is 29.6 Å². The second kappa shape index (κ2) is 4.76. The van der Waals surface area contributed by atoms with Crippen LogP contribution in [-0.2, 0) is 6.42 Å². The second-order valence-corrected chi connectivity index (χ2v) is 5.09. The van der Waals surface area contributed by atoms with Crippen LogP contribution in [0.3, 0.4) is 0 Å². The molecule has 84 valence electrons. The summed E-state index contributed by atoms with van der Waals surface area (Å²) in [6.07, 6.45) is 0.857. The highest BCUT2D eigenvalue weighted by molar-refractivity contribution is 7.09. The zero-order valence-corrected chi connectivity index (χ0v) is 10.4. The van der Waals surface area contributed by atoms with Crippen molar-refractivity contribution in [3.8, 4) is 0 Å². The first-order valence-electron chi connectivity index (χ1n) is 5.39. The molecule has 3 heteroatoms. The van der Waals surface area contributed by atoms with E-state index in [1.54, 1.807) is 11.3 Å². The molecule has 0 aliphatic rings. The maximum absolute atomic E-state index is 6.15. The number of hydrogen-bond acceptors (Lipinski definition) is 3. The maximum Gasteiger partial charge on any atom is 0.0898 e. The van der Waals surface area contributed by atoms with Crippen molar-refractivity contribution in [2.24, 2.45) is 5.73 Å². The number of rotatable bonds is 3. The van der Waals surface area contributed by atoms with Gasteiger partial charge >= 0.3 is 0 Å². The van der Waals surface area contributed by atoms with Crippen LogP contribution in [0.1, 0.15) is 27.9 Å². The van der Waals surface area contributed by atoms with Crippen molar-refractivity contribution in [1.29, 1.82) is 0 Å². The fraction of sp³-hybridized carbons (Fsp3) is 0.308. The predicted octanol–water partition coefficient (Wildman–Crippen LogP) is 3.00. The standard InChI is InChI=1S/C13H16N2S/c1-9-5-3-4-6-11(9)7-12(14)13-8-16-10(2)15-13/h3-6,8,12H,7,14H2,1-2H3. The van der Waals surface area contributed by atoms with Gasteiger partial charge in [0.05, 0.1) is 16.7 Å². The molecule has 2 rings (SSSR count). The van der Waals surface area contributed by atoms with E-state index in [-0.39, 0.29) is 6.04 Å². The zero-order chi connectivity index (χ0) is 11.5. The Balaban J connectivity index is 2.13. The molecule has 0 aliphatic heterocycles. The Kier molecular flexibility index (Phi) is 3.36. The van der Waals surface area contributed by atoms with Crippen LogP contribution in [0.5, 0.6) is 0 Å². The van der Waals surface area contributed by atoms with E-state index in [1.165, 1.54) is 11.1 Å². The summed E-state index contributed by atoms with van der Waals surface area (Å²) in [6, 6.07) is 8.37. The van der Waals surface area contributed by atoms with Crippen molar-refractivity contribution in [2.75, 3.05) is 0 Å². The Morgan fingerprint density at radius 1 is 1.31 bits per heavy atom. The molecule has 16 heavy (non-hydrogen) atoms. The predicted molar refractivity (Wildman–Crippen MR) is 68.7 cm³/mol. The number of hydrogen-bond donors (Lipinski definition) is 1. The smallest absolute Gasteiger partial charge is 0.0898 e. The summed E-state index contributed by atoms with van der Waals surface area (Å²) in [4.78, 5) is 4.43. The minimum Gasteiger partial charge on any atom is -0.322 e. The molecule has 1 unspecified atom stereocenters. The number of nitrogens with two attached hydrogens (primary N) is 1. The van der Waals surface area contributed by atoms with Gasteiger partial charge in [-0.3, -0.25) is 0 Å². The lowest BCUT2D eigenvalue weighted by Crippen LogP contribution is -2.14. The Labute approximate surface area is 100 Å². The van der Waals surface area contributed by atoms with Gasteiger partial charge in [0, 0.05) is 5.38 Å². The molecule has 0 saturated heterocycles. The van der Waals surface area contributed by atoms with Gasteiger partial charge in [0.15, 0.2) is 0 Å². The molecule has 1 atom stereocenters. The molecule has 0 saturated carbocycles. The fourth-order valence-corrected chi connectivity index (χ4v) is 2.41. The van der Waals surface area contributed by atoms with Crippen molar-refractivity contribution in [3.05, 3.63) is 51.5 Å². The van der Waals surface area contributed by atoms with Crippen LogP contribution < -0.4 is 5.73 Å². The largest absolute Gasteiger partial charge is 0.322 e. The third-order valence-corrected chi connectivity index (χ3v) is 3.51.